The highest BCUT2D eigenvalue weighted by atomic mass is 35.5. The Morgan fingerprint density at radius 1 is 1.15 bits per heavy atom. The molecule has 178 valence electrons. The molecule has 0 aliphatic carbocycles. The zero-order chi connectivity index (χ0) is 24.7. The maximum atomic E-state index is 12.6. The minimum Gasteiger partial charge on any atom is -0.364 e. The number of rotatable bonds is 12. The van der Waals surface area contributed by atoms with Gasteiger partial charge in [-0.1, -0.05) is 23.7 Å². The third-order valence-electron chi connectivity index (χ3n) is 5.52. The van der Waals surface area contributed by atoms with Crippen molar-refractivity contribution in [2.45, 2.75) is 32.2 Å². The predicted molar refractivity (Wildman–Crippen MR) is 130 cm³/mol. The lowest BCUT2D eigenvalue weighted by Crippen LogP contribution is -2.16. The van der Waals surface area contributed by atoms with Gasteiger partial charge in [-0.25, -0.2) is 0 Å². The van der Waals surface area contributed by atoms with Crippen molar-refractivity contribution in [3.8, 4) is 0 Å². The summed E-state index contributed by atoms with van der Waals surface area (Å²) in [5.74, 6) is -1.19. The molecule has 0 aliphatic heterocycles. The number of aldehydes is 1. The molecule has 0 aliphatic rings. The maximum absolute atomic E-state index is 12.6. The zero-order valence-corrected chi connectivity index (χ0v) is 19.3. The van der Waals surface area contributed by atoms with Crippen molar-refractivity contribution in [2.75, 3.05) is 11.9 Å². The Hall–Kier alpha value is -3.56. The van der Waals surface area contributed by atoms with Gasteiger partial charge in [-0.3, -0.25) is 19.1 Å². The summed E-state index contributed by atoms with van der Waals surface area (Å²) < 4.78 is 1.43. The number of amides is 2. The van der Waals surface area contributed by atoms with Crippen molar-refractivity contribution in [1.82, 2.24) is 9.78 Å². The summed E-state index contributed by atoms with van der Waals surface area (Å²) in [7, 11) is 0. The molecule has 2 aromatic carbocycles. The molecule has 10 heteroatoms. The lowest BCUT2D eigenvalue weighted by Gasteiger charge is -2.12. The number of aromatic nitrogens is 2. The summed E-state index contributed by atoms with van der Waals surface area (Å²) in [4.78, 5) is 48.0. The molecule has 9 nitrogen and oxygen atoms in total. The van der Waals surface area contributed by atoms with E-state index in [0.717, 1.165) is 6.29 Å². The normalized spacial score (nSPS) is 11.8. The number of hydrogen-bond donors (Lipinski definition) is 3. The van der Waals surface area contributed by atoms with E-state index in [4.69, 9.17) is 23.1 Å². The van der Waals surface area contributed by atoms with E-state index in [2.05, 4.69) is 10.4 Å². The van der Waals surface area contributed by atoms with Gasteiger partial charge in [0, 0.05) is 23.9 Å². The number of anilines is 1. The second-order valence-electron chi connectivity index (χ2n) is 7.96. The minimum atomic E-state index is -0.750. The van der Waals surface area contributed by atoms with Gasteiger partial charge < -0.3 is 21.6 Å². The largest absolute Gasteiger partial charge is 0.364 e. The van der Waals surface area contributed by atoms with E-state index in [9.17, 15) is 19.2 Å². The second kappa shape index (κ2) is 11.5. The molecule has 1 atom stereocenters. The fourth-order valence-electron chi connectivity index (χ4n) is 3.77. The topological polar surface area (TPSA) is 150 Å². The molecule has 0 bridgehead atoms. The number of hydrogen-bond acceptors (Lipinski definition) is 6. The summed E-state index contributed by atoms with van der Waals surface area (Å²) >= 11 is 6.09. The molecular weight excluding hydrogens is 458 g/mol. The Morgan fingerprint density at radius 3 is 2.59 bits per heavy atom. The van der Waals surface area contributed by atoms with Gasteiger partial charge in [-0.05, 0) is 55.6 Å². The minimum absolute atomic E-state index is 0.00129. The van der Waals surface area contributed by atoms with Crippen LogP contribution in [0, 0.1) is 5.92 Å². The number of nitrogens with two attached hydrogens (primary N) is 2. The van der Waals surface area contributed by atoms with Crippen LogP contribution in [0.5, 0.6) is 0 Å². The maximum Gasteiger partial charge on any atom is 0.269 e. The summed E-state index contributed by atoms with van der Waals surface area (Å²) in [5, 5.41) is 7.71. The molecule has 3 rings (SSSR count). The van der Waals surface area contributed by atoms with E-state index in [1.165, 1.54) is 4.68 Å². The van der Waals surface area contributed by atoms with Gasteiger partial charge >= 0.3 is 0 Å². The fourth-order valence-corrected chi connectivity index (χ4v) is 3.99. The van der Waals surface area contributed by atoms with E-state index in [1.807, 2.05) is 0 Å². The summed E-state index contributed by atoms with van der Waals surface area (Å²) in [6.07, 6.45) is 2.69. The molecule has 1 heterocycles. The number of carbonyl (C=O) groups is 4. The number of halogens is 1. The van der Waals surface area contributed by atoms with Crippen molar-refractivity contribution in [2.24, 2.45) is 17.4 Å². The number of carbonyl (C=O) groups excluding carboxylic acids is 4. The highest BCUT2D eigenvalue weighted by Crippen LogP contribution is 2.25. The second-order valence-corrected chi connectivity index (χ2v) is 8.37. The fraction of sp³-hybridized carbons (Fsp3) is 0.292. The van der Waals surface area contributed by atoms with Crippen molar-refractivity contribution in [3.05, 3.63) is 58.7 Å². The van der Waals surface area contributed by atoms with Gasteiger partial charge in [0.25, 0.3) is 11.8 Å². The molecule has 0 saturated carbocycles. The lowest BCUT2D eigenvalue weighted by atomic mass is 9.95. The number of ketones is 1. The van der Waals surface area contributed by atoms with Gasteiger partial charge in [0.15, 0.2) is 11.5 Å². The van der Waals surface area contributed by atoms with Crippen LogP contribution < -0.4 is 16.8 Å². The lowest BCUT2D eigenvalue weighted by molar-refractivity contribution is -0.120. The molecule has 0 spiro atoms. The number of nitrogens with zero attached hydrogens (tertiary/aromatic N) is 2. The Labute approximate surface area is 201 Å². The average Bonchev–Trinajstić information content (AvgIpc) is 3.16. The number of primary amides is 1. The zero-order valence-electron chi connectivity index (χ0n) is 18.5. The van der Waals surface area contributed by atoms with Gasteiger partial charge in [0.2, 0.25) is 0 Å². The monoisotopic (exact) mass is 483 g/mol. The SMILES string of the molecule is NCCC(CC=O)CCC(=O)Cn1nc(C(N)=O)c2cc(NC(=O)c3ccccc3Cl)ccc21. The molecule has 3 aromatic rings. The van der Waals surface area contributed by atoms with Crippen LogP contribution >= 0.6 is 11.6 Å². The van der Waals surface area contributed by atoms with Crippen LogP contribution in [0.3, 0.4) is 0 Å². The van der Waals surface area contributed by atoms with Crippen molar-refractivity contribution < 1.29 is 19.2 Å². The third kappa shape index (κ3) is 6.06. The highest BCUT2D eigenvalue weighted by Gasteiger charge is 2.19. The average molecular weight is 484 g/mol. The summed E-state index contributed by atoms with van der Waals surface area (Å²) in [6, 6.07) is 11.5. The van der Waals surface area contributed by atoms with Crippen LogP contribution in [0.4, 0.5) is 5.69 Å². The molecule has 34 heavy (non-hydrogen) atoms. The van der Waals surface area contributed by atoms with Crippen LogP contribution in [0.25, 0.3) is 10.9 Å². The van der Waals surface area contributed by atoms with Gasteiger partial charge in [-0.2, -0.15) is 5.10 Å². The van der Waals surface area contributed by atoms with E-state index in [1.54, 1.807) is 42.5 Å². The first-order valence-electron chi connectivity index (χ1n) is 10.9. The van der Waals surface area contributed by atoms with Crippen LogP contribution in [-0.2, 0) is 16.1 Å². The standard InChI is InChI=1S/C24H26ClN5O4/c25-20-4-2-1-3-18(20)24(34)28-16-6-8-21-19(13-16)22(23(27)33)29-30(21)14-17(32)7-5-15(9-11-26)10-12-31/h1-4,6,8,12-13,15H,5,7,9-11,14,26H2,(H2,27,33)(H,28,34). The number of fused-ring (bicyclic) bond motifs is 1. The van der Waals surface area contributed by atoms with Gasteiger partial charge in [0.05, 0.1) is 16.1 Å². The summed E-state index contributed by atoms with van der Waals surface area (Å²) in [5.41, 5.74) is 12.3. The smallest absolute Gasteiger partial charge is 0.269 e. The molecule has 2 amide bonds. The van der Waals surface area contributed by atoms with Crippen LogP contribution in [0.1, 0.15) is 46.5 Å². The summed E-state index contributed by atoms with van der Waals surface area (Å²) in [6.45, 7) is 0.402. The van der Waals surface area contributed by atoms with E-state index < -0.39 is 11.8 Å². The molecule has 0 fully saturated rings. The number of nitrogens with one attached hydrogen (secondary N) is 1. The first-order valence-corrected chi connectivity index (χ1v) is 11.2. The van der Waals surface area contributed by atoms with Crippen LogP contribution in [0.2, 0.25) is 5.02 Å². The van der Waals surface area contributed by atoms with E-state index in [0.29, 0.717) is 53.0 Å². The van der Waals surface area contributed by atoms with Gasteiger partial charge in [-0.15, -0.1) is 0 Å². The first kappa shape index (κ1) is 25.1. The Kier molecular flexibility index (Phi) is 8.50. The highest BCUT2D eigenvalue weighted by molar-refractivity contribution is 6.34. The quantitative estimate of drug-likeness (QED) is 0.337. The molecule has 1 aromatic heterocycles. The Morgan fingerprint density at radius 2 is 1.91 bits per heavy atom. The Bertz CT molecular complexity index is 1220. The van der Waals surface area contributed by atoms with Crippen LogP contribution in [0.15, 0.2) is 42.5 Å². The predicted octanol–water partition coefficient (Wildman–Crippen LogP) is 2.94. The first-order chi connectivity index (χ1) is 16.3. The van der Waals surface area contributed by atoms with E-state index >= 15 is 0 Å². The van der Waals surface area contributed by atoms with Crippen molar-refractivity contribution >= 4 is 52.1 Å². The van der Waals surface area contributed by atoms with Crippen molar-refractivity contribution in [1.29, 1.82) is 0 Å². The third-order valence-corrected chi connectivity index (χ3v) is 5.85. The van der Waals surface area contributed by atoms with E-state index in [-0.39, 0.29) is 30.4 Å². The molecular formula is C24H26ClN5O4. The molecule has 0 saturated heterocycles. The molecule has 0 radical (unpaired) electrons. The Balaban J connectivity index is 1.79. The number of benzene rings is 2. The molecule has 5 N–H and O–H groups in total. The number of Topliss-reactive ketones (excluding diaryl/α,β-unsaturated/α-hetero) is 1. The van der Waals surface area contributed by atoms with Gasteiger partial charge in [0.1, 0.15) is 12.8 Å². The molecule has 1 unspecified atom stereocenters. The van der Waals surface area contributed by atoms with Crippen molar-refractivity contribution in [3.63, 3.8) is 0 Å². The van der Waals surface area contributed by atoms with Crippen LogP contribution in [-0.4, -0.2) is 40.2 Å².